The van der Waals surface area contributed by atoms with Crippen molar-refractivity contribution in [2.45, 2.75) is 50.2 Å². The van der Waals surface area contributed by atoms with Crippen molar-refractivity contribution in [3.05, 3.63) is 35.9 Å². The van der Waals surface area contributed by atoms with Gasteiger partial charge in [-0.15, -0.1) is 0 Å². The average Bonchev–Trinajstić information content (AvgIpc) is 2.94. The van der Waals surface area contributed by atoms with E-state index in [0.29, 0.717) is 31.7 Å². The van der Waals surface area contributed by atoms with Gasteiger partial charge < -0.3 is 15.2 Å². The number of hydrogen-bond acceptors (Lipinski definition) is 3. The van der Waals surface area contributed by atoms with Crippen molar-refractivity contribution in [2.75, 3.05) is 19.8 Å². The van der Waals surface area contributed by atoms with E-state index in [0.717, 1.165) is 19.3 Å². The summed E-state index contributed by atoms with van der Waals surface area (Å²) in [5.41, 5.74) is 0.874. The first-order chi connectivity index (χ1) is 10.3. The van der Waals surface area contributed by atoms with Crippen LogP contribution >= 0.6 is 0 Å². The molecule has 116 valence electrons. The molecule has 3 heteroatoms. The van der Waals surface area contributed by atoms with Crippen molar-refractivity contribution in [1.29, 1.82) is 0 Å². The Labute approximate surface area is 127 Å². The third-order valence-electron chi connectivity index (χ3n) is 5.12. The van der Waals surface area contributed by atoms with Crippen LogP contribution in [0.5, 0.6) is 0 Å². The first-order valence-corrected chi connectivity index (χ1v) is 8.33. The molecule has 0 amide bonds. The summed E-state index contributed by atoms with van der Waals surface area (Å²) < 4.78 is 5.35. The highest BCUT2D eigenvalue weighted by atomic mass is 16.5. The Bertz CT molecular complexity index is 428. The quantitative estimate of drug-likeness (QED) is 0.875. The highest BCUT2D eigenvalue weighted by Crippen LogP contribution is 2.30. The minimum atomic E-state index is -0.557. The molecular weight excluding hydrogens is 262 g/mol. The van der Waals surface area contributed by atoms with Gasteiger partial charge in [0.1, 0.15) is 0 Å². The van der Waals surface area contributed by atoms with E-state index >= 15 is 0 Å². The van der Waals surface area contributed by atoms with Gasteiger partial charge in [-0.25, -0.2) is 0 Å². The van der Waals surface area contributed by atoms with Crippen molar-refractivity contribution in [3.63, 3.8) is 0 Å². The van der Waals surface area contributed by atoms with Crippen molar-refractivity contribution >= 4 is 0 Å². The minimum absolute atomic E-state index is 0.553. The van der Waals surface area contributed by atoms with Crippen LogP contribution in [0.4, 0.5) is 0 Å². The second-order valence-electron chi connectivity index (χ2n) is 6.70. The van der Waals surface area contributed by atoms with E-state index < -0.39 is 5.60 Å². The number of hydrogen-bond donors (Lipinski definition) is 2. The maximum absolute atomic E-state index is 10.6. The predicted octanol–water partition coefficient (Wildman–Crippen LogP) is 2.53. The van der Waals surface area contributed by atoms with E-state index in [1.165, 1.54) is 24.8 Å². The van der Waals surface area contributed by atoms with Gasteiger partial charge in [0.05, 0.1) is 5.60 Å². The highest BCUT2D eigenvalue weighted by molar-refractivity contribution is 5.16. The lowest BCUT2D eigenvalue weighted by molar-refractivity contribution is -0.0632. The topological polar surface area (TPSA) is 41.5 Å². The first-order valence-electron chi connectivity index (χ1n) is 8.33. The molecule has 2 fully saturated rings. The summed E-state index contributed by atoms with van der Waals surface area (Å²) in [5, 5.41) is 14.2. The SMILES string of the molecule is OC1(CNC2CCCC2Cc2ccccc2)CCOCC1. The lowest BCUT2D eigenvalue weighted by Crippen LogP contribution is -2.48. The summed E-state index contributed by atoms with van der Waals surface area (Å²) in [5.74, 6) is 0.704. The van der Waals surface area contributed by atoms with Crippen LogP contribution in [-0.2, 0) is 11.2 Å². The van der Waals surface area contributed by atoms with Gasteiger partial charge in [-0.3, -0.25) is 0 Å². The zero-order valence-electron chi connectivity index (χ0n) is 12.8. The van der Waals surface area contributed by atoms with Gasteiger partial charge in [-0.2, -0.15) is 0 Å². The second-order valence-corrected chi connectivity index (χ2v) is 6.70. The molecule has 1 heterocycles. The van der Waals surface area contributed by atoms with Crippen LogP contribution in [0.25, 0.3) is 0 Å². The van der Waals surface area contributed by atoms with E-state index in [9.17, 15) is 5.11 Å². The number of ether oxygens (including phenoxy) is 1. The fraction of sp³-hybridized carbons (Fsp3) is 0.667. The molecule has 0 bridgehead atoms. The zero-order valence-corrected chi connectivity index (χ0v) is 12.8. The average molecular weight is 289 g/mol. The van der Waals surface area contributed by atoms with Gasteiger partial charge in [0.25, 0.3) is 0 Å². The van der Waals surface area contributed by atoms with E-state index in [2.05, 4.69) is 35.6 Å². The molecule has 1 aliphatic carbocycles. The summed E-state index contributed by atoms with van der Waals surface area (Å²) in [7, 11) is 0. The molecule has 2 aliphatic rings. The molecule has 0 radical (unpaired) electrons. The van der Waals surface area contributed by atoms with Crippen molar-refractivity contribution in [2.24, 2.45) is 5.92 Å². The van der Waals surface area contributed by atoms with Gasteiger partial charge in [-0.1, -0.05) is 36.8 Å². The molecule has 0 spiro atoms. The molecule has 3 rings (SSSR count). The molecule has 2 atom stereocenters. The summed E-state index contributed by atoms with van der Waals surface area (Å²) in [6.45, 7) is 2.10. The molecule has 1 saturated carbocycles. The number of benzene rings is 1. The third-order valence-corrected chi connectivity index (χ3v) is 5.12. The van der Waals surface area contributed by atoms with Crippen LogP contribution in [-0.4, -0.2) is 36.5 Å². The molecule has 1 saturated heterocycles. The zero-order chi connectivity index (χ0) is 14.5. The van der Waals surface area contributed by atoms with Gasteiger partial charge >= 0.3 is 0 Å². The van der Waals surface area contributed by atoms with E-state index in [4.69, 9.17) is 4.74 Å². The Hall–Kier alpha value is -0.900. The lowest BCUT2D eigenvalue weighted by Gasteiger charge is -2.34. The molecular formula is C18H27NO2. The number of nitrogens with one attached hydrogen (secondary N) is 1. The predicted molar refractivity (Wildman–Crippen MR) is 84.3 cm³/mol. The van der Waals surface area contributed by atoms with Crippen molar-refractivity contribution in [3.8, 4) is 0 Å². The van der Waals surface area contributed by atoms with Crippen LogP contribution in [0.15, 0.2) is 30.3 Å². The molecule has 1 aliphatic heterocycles. The monoisotopic (exact) mass is 289 g/mol. The fourth-order valence-electron chi connectivity index (χ4n) is 3.72. The smallest absolute Gasteiger partial charge is 0.0815 e. The summed E-state index contributed by atoms with van der Waals surface area (Å²) in [4.78, 5) is 0. The largest absolute Gasteiger partial charge is 0.388 e. The van der Waals surface area contributed by atoms with Crippen LogP contribution in [0.3, 0.4) is 0 Å². The van der Waals surface area contributed by atoms with Gasteiger partial charge in [0.15, 0.2) is 0 Å². The summed E-state index contributed by atoms with van der Waals surface area (Å²) >= 11 is 0. The van der Waals surface area contributed by atoms with Crippen LogP contribution < -0.4 is 5.32 Å². The normalized spacial score (nSPS) is 28.6. The Kier molecular flexibility index (Phi) is 4.94. The lowest BCUT2D eigenvalue weighted by atomic mass is 9.91. The van der Waals surface area contributed by atoms with E-state index in [1.54, 1.807) is 0 Å². The Balaban J connectivity index is 1.52. The molecule has 21 heavy (non-hydrogen) atoms. The van der Waals surface area contributed by atoms with Crippen LogP contribution in [0.1, 0.15) is 37.7 Å². The molecule has 1 aromatic carbocycles. The van der Waals surface area contributed by atoms with Crippen LogP contribution in [0.2, 0.25) is 0 Å². The molecule has 2 N–H and O–H groups in total. The van der Waals surface area contributed by atoms with Crippen molar-refractivity contribution < 1.29 is 9.84 Å². The van der Waals surface area contributed by atoms with Crippen molar-refractivity contribution in [1.82, 2.24) is 5.32 Å². The summed E-state index contributed by atoms with van der Waals surface area (Å²) in [6, 6.07) is 11.3. The second kappa shape index (κ2) is 6.91. The maximum Gasteiger partial charge on any atom is 0.0815 e. The fourth-order valence-corrected chi connectivity index (χ4v) is 3.72. The minimum Gasteiger partial charge on any atom is -0.388 e. The highest BCUT2D eigenvalue weighted by Gasteiger charge is 2.33. The summed E-state index contributed by atoms with van der Waals surface area (Å²) in [6.07, 6.45) is 6.51. The molecule has 0 aromatic heterocycles. The van der Waals surface area contributed by atoms with Gasteiger partial charge in [-0.05, 0) is 30.7 Å². The number of rotatable bonds is 5. The molecule has 1 aromatic rings. The molecule has 3 nitrogen and oxygen atoms in total. The Morgan fingerprint density at radius 1 is 1.14 bits per heavy atom. The number of aliphatic hydroxyl groups is 1. The third kappa shape index (κ3) is 4.06. The van der Waals surface area contributed by atoms with Crippen LogP contribution in [0, 0.1) is 5.92 Å². The molecule has 2 unspecified atom stereocenters. The Morgan fingerprint density at radius 2 is 1.90 bits per heavy atom. The Morgan fingerprint density at radius 3 is 2.67 bits per heavy atom. The standard InChI is InChI=1S/C18H27NO2/c20-18(9-11-21-12-10-18)14-19-17-8-4-7-16(17)13-15-5-2-1-3-6-15/h1-3,5-6,16-17,19-20H,4,7-14H2. The van der Waals surface area contributed by atoms with E-state index in [1.807, 2.05) is 0 Å². The maximum atomic E-state index is 10.6. The van der Waals surface area contributed by atoms with Gasteiger partial charge in [0.2, 0.25) is 0 Å². The first kappa shape index (κ1) is 15.0. The van der Waals surface area contributed by atoms with E-state index in [-0.39, 0.29) is 0 Å². The van der Waals surface area contributed by atoms with Gasteiger partial charge in [0, 0.05) is 38.6 Å².